The maximum atomic E-state index is 5.69. The van der Waals surface area contributed by atoms with Crippen LogP contribution in [-0.2, 0) is 6.73 Å². The Bertz CT molecular complexity index is 908. The smallest absolute Gasteiger partial charge is 0.180 e. The topological polar surface area (TPSA) is 51.1 Å². The lowest BCUT2D eigenvalue weighted by atomic mass is 10.1. The monoisotopic (exact) mass is 430 g/mol. The predicted molar refractivity (Wildman–Crippen MR) is 113 cm³/mol. The average Bonchev–Trinajstić information content (AvgIpc) is 3.04. The van der Waals surface area contributed by atoms with Gasteiger partial charge in [-0.3, -0.25) is 0 Å². The Hall–Kier alpha value is -2.38. The fourth-order valence-electron chi connectivity index (χ4n) is 2.41. The van der Waals surface area contributed by atoms with Crippen molar-refractivity contribution in [3.63, 3.8) is 0 Å². The van der Waals surface area contributed by atoms with Crippen LogP contribution in [0.5, 0.6) is 5.75 Å². The van der Waals surface area contributed by atoms with Gasteiger partial charge in [-0.2, -0.15) is 5.10 Å². The third-order valence-corrected chi connectivity index (χ3v) is 4.43. The van der Waals surface area contributed by atoms with E-state index in [0.29, 0.717) is 11.8 Å². The summed E-state index contributed by atoms with van der Waals surface area (Å²) in [6.07, 6.45) is 3.55. The Kier molecular flexibility index (Phi) is 5.90. The van der Waals surface area contributed by atoms with Crippen LogP contribution >= 0.6 is 28.1 Å². The van der Waals surface area contributed by atoms with E-state index in [9.17, 15) is 0 Å². The number of nitrogens with one attached hydrogen (secondary N) is 2. The van der Waals surface area contributed by atoms with Gasteiger partial charge in [0.25, 0.3) is 0 Å². The first kappa shape index (κ1) is 18.4. The van der Waals surface area contributed by atoms with Crippen molar-refractivity contribution in [2.75, 3.05) is 10.6 Å². The summed E-state index contributed by atoms with van der Waals surface area (Å²) in [6, 6.07) is 13.8. The largest absolute Gasteiger partial charge is 0.471 e. The third-order valence-electron chi connectivity index (χ3n) is 3.70. The van der Waals surface area contributed by atoms with Crippen molar-refractivity contribution >= 4 is 44.6 Å². The molecule has 1 aromatic heterocycles. The maximum Gasteiger partial charge on any atom is 0.180 e. The van der Waals surface area contributed by atoms with Gasteiger partial charge >= 0.3 is 0 Å². The van der Waals surface area contributed by atoms with Crippen LogP contribution in [0.15, 0.2) is 59.3 Å². The Morgan fingerprint density at radius 1 is 1.15 bits per heavy atom. The van der Waals surface area contributed by atoms with Crippen LogP contribution < -0.4 is 15.4 Å². The van der Waals surface area contributed by atoms with Crippen LogP contribution in [0.1, 0.15) is 11.1 Å². The highest BCUT2D eigenvalue weighted by Gasteiger charge is 2.04. The molecule has 0 atom stereocenters. The van der Waals surface area contributed by atoms with Gasteiger partial charge in [0.05, 0.1) is 18.1 Å². The van der Waals surface area contributed by atoms with E-state index in [2.05, 4.69) is 57.6 Å². The Morgan fingerprint density at radius 3 is 2.65 bits per heavy atom. The van der Waals surface area contributed by atoms with E-state index in [0.717, 1.165) is 27.2 Å². The van der Waals surface area contributed by atoms with Gasteiger partial charge in [-0.05, 0) is 62.0 Å². The molecule has 2 aromatic carbocycles. The summed E-state index contributed by atoms with van der Waals surface area (Å²) in [5, 5.41) is 11.1. The zero-order chi connectivity index (χ0) is 18.5. The number of nitrogens with zero attached hydrogens (tertiary/aromatic N) is 2. The van der Waals surface area contributed by atoms with Crippen LogP contribution in [0.25, 0.3) is 0 Å². The molecule has 134 valence electrons. The van der Waals surface area contributed by atoms with Crippen LogP contribution in [0.3, 0.4) is 0 Å². The number of benzene rings is 2. The van der Waals surface area contributed by atoms with Gasteiger partial charge in [0.2, 0.25) is 0 Å². The van der Waals surface area contributed by atoms with Gasteiger partial charge in [0, 0.05) is 10.2 Å². The molecular weight excluding hydrogens is 412 g/mol. The van der Waals surface area contributed by atoms with E-state index in [-0.39, 0.29) is 0 Å². The molecule has 0 radical (unpaired) electrons. The number of hydrogen-bond acceptors (Lipinski definition) is 3. The van der Waals surface area contributed by atoms with E-state index in [1.54, 1.807) is 10.9 Å². The second kappa shape index (κ2) is 8.33. The molecule has 0 aliphatic heterocycles. The summed E-state index contributed by atoms with van der Waals surface area (Å²) in [7, 11) is 0. The van der Waals surface area contributed by atoms with E-state index in [1.165, 1.54) is 5.56 Å². The zero-order valence-corrected chi connectivity index (χ0v) is 16.9. The molecule has 0 bridgehead atoms. The molecule has 3 aromatic rings. The standard InChI is InChI=1S/C19H19BrN4OS/c1-13-3-8-18(14(2)9-13)23-19(26)22-16-10-21-24(11-16)12-25-17-6-4-15(20)5-7-17/h3-11H,12H2,1-2H3,(H2,22,23,26). The Morgan fingerprint density at radius 2 is 1.92 bits per heavy atom. The molecule has 0 saturated heterocycles. The molecule has 0 fully saturated rings. The number of ether oxygens (including phenoxy) is 1. The molecule has 2 N–H and O–H groups in total. The lowest BCUT2D eigenvalue weighted by molar-refractivity contribution is 0.221. The van der Waals surface area contributed by atoms with E-state index in [1.807, 2.05) is 36.5 Å². The van der Waals surface area contributed by atoms with E-state index >= 15 is 0 Å². The minimum Gasteiger partial charge on any atom is -0.471 e. The maximum absolute atomic E-state index is 5.69. The third kappa shape index (κ3) is 5.06. The summed E-state index contributed by atoms with van der Waals surface area (Å²) in [5.74, 6) is 0.783. The van der Waals surface area contributed by atoms with Gasteiger partial charge in [-0.1, -0.05) is 33.6 Å². The molecule has 0 amide bonds. The van der Waals surface area contributed by atoms with Crippen molar-refractivity contribution in [2.24, 2.45) is 0 Å². The minimum atomic E-state index is 0.320. The van der Waals surface area contributed by atoms with Gasteiger partial charge in [-0.15, -0.1) is 0 Å². The highest BCUT2D eigenvalue weighted by Crippen LogP contribution is 2.18. The Balaban J connectivity index is 1.54. The Labute approximate surface area is 166 Å². The van der Waals surface area contributed by atoms with Crippen molar-refractivity contribution in [1.82, 2.24) is 9.78 Å². The highest BCUT2D eigenvalue weighted by molar-refractivity contribution is 9.10. The van der Waals surface area contributed by atoms with Crippen LogP contribution in [0.2, 0.25) is 0 Å². The molecule has 7 heteroatoms. The van der Waals surface area contributed by atoms with Crippen molar-refractivity contribution in [3.05, 3.63) is 70.5 Å². The first-order valence-electron chi connectivity index (χ1n) is 8.06. The molecule has 0 spiro atoms. The molecule has 5 nitrogen and oxygen atoms in total. The number of aryl methyl sites for hydroxylation is 2. The quantitative estimate of drug-likeness (QED) is 0.550. The lowest BCUT2D eigenvalue weighted by Crippen LogP contribution is -2.19. The second-order valence-corrected chi connectivity index (χ2v) is 7.22. The van der Waals surface area contributed by atoms with E-state index in [4.69, 9.17) is 17.0 Å². The number of rotatable bonds is 5. The van der Waals surface area contributed by atoms with Crippen molar-refractivity contribution < 1.29 is 4.74 Å². The normalized spacial score (nSPS) is 10.4. The number of anilines is 2. The van der Waals surface area contributed by atoms with Crippen LogP contribution in [-0.4, -0.2) is 14.9 Å². The van der Waals surface area contributed by atoms with Gasteiger partial charge in [0.1, 0.15) is 5.75 Å². The molecule has 0 aliphatic carbocycles. The lowest BCUT2D eigenvalue weighted by Gasteiger charge is -2.12. The second-order valence-electron chi connectivity index (χ2n) is 5.89. The fourth-order valence-corrected chi connectivity index (χ4v) is 2.90. The van der Waals surface area contributed by atoms with Crippen molar-refractivity contribution in [2.45, 2.75) is 20.6 Å². The first-order chi connectivity index (χ1) is 12.5. The molecule has 0 unspecified atom stereocenters. The van der Waals surface area contributed by atoms with E-state index < -0.39 is 0 Å². The van der Waals surface area contributed by atoms with Gasteiger partial charge in [-0.25, -0.2) is 4.68 Å². The van der Waals surface area contributed by atoms with Crippen molar-refractivity contribution in [3.8, 4) is 5.75 Å². The van der Waals surface area contributed by atoms with Gasteiger partial charge < -0.3 is 15.4 Å². The number of thiocarbonyl (C=S) groups is 1. The van der Waals surface area contributed by atoms with Crippen LogP contribution in [0, 0.1) is 13.8 Å². The molecule has 3 rings (SSSR count). The summed E-state index contributed by atoms with van der Waals surface area (Å²) in [5.41, 5.74) is 4.15. The molecular formula is C19H19BrN4OS. The summed E-state index contributed by atoms with van der Waals surface area (Å²) < 4.78 is 8.40. The molecule has 1 heterocycles. The van der Waals surface area contributed by atoms with Crippen LogP contribution in [0.4, 0.5) is 11.4 Å². The number of halogens is 1. The molecule has 26 heavy (non-hydrogen) atoms. The minimum absolute atomic E-state index is 0.320. The number of hydrogen-bond donors (Lipinski definition) is 2. The first-order valence-corrected chi connectivity index (χ1v) is 9.26. The number of aromatic nitrogens is 2. The predicted octanol–water partition coefficient (Wildman–Crippen LogP) is 5.11. The summed E-state index contributed by atoms with van der Waals surface area (Å²) in [6.45, 7) is 4.44. The molecule has 0 saturated carbocycles. The molecule has 0 aliphatic rings. The summed E-state index contributed by atoms with van der Waals surface area (Å²) >= 11 is 8.78. The van der Waals surface area contributed by atoms with Crippen molar-refractivity contribution in [1.29, 1.82) is 0 Å². The zero-order valence-electron chi connectivity index (χ0n) is 14.5. The highest BCUT2D eigenvalue weighted by atomic mass is 79.9. The van der Waals surface area contributed by atoms with Gasteiger partial charge in [0.15, 0.2) is 11.8 Å². The summed E-state index contributed by atoms with van der Waals surface area (Å²) in [4.78, 5) is 0. The SMILES string of the molecule is Cc1ccc(NC(=S)Nc2cnn(COc3ccc(Br)cc3)c2)c(C)c1. The fraction of sp³-hybridized carbons (Fsp3) is 0.158. The average molecular weight is 431 g/mol.